The summed E-state index contributed by atoms with van der Waals surface area (Å²) in [6.45, 7) is 2.10. The van der Waals surface area contributed by atoms with Crippen molar-refractivity contribution >= 4 is 5.69 Å². The largest absolute Gasteiger partial charge is 0.457 e. The lowest BCUT2D eigenvalue weighted by molar-refractivity contribution is -0.137. The van der Waals surface area contributed by atoms with E-state index in [1.807, 2.05) is 12.1 Å². The van der Waals surface area contributed by atoms with Crippen LogP contribution in [0.4, 0.5) is 18.9 Å². The van der Waals surface area contributed by atoms with Gasteiger partial charge in [0.25, 0.3) is 0 Å². The van der Waals surface area contributed by atoms with Gasteiger partial charge in [-0.3, -0.25) is 0 Å². The number of hydrogen-bond donors (Lipinski definition) is 0. The van der Waals surface area contributed by atoms with Crippen LogP contribution < -0.4 is 9.64 Å². The van der Waals surface area contributed by atoms with Gasteiger partial charge >= 0.3 is 6.18 Å². The maximum absolute atomic E-state index is 12.7. The first kappa shape index (κ1) is 14.8. The normalized spacial score (nSPS) is 15.1. The summed E-state index contributed by atoms with van der Waals surface area (Å²) < 4.78 is 43.5. The van der Waals surface area contributed by atoms with Gasteiger partial charge in [0.15, 0.2) is 0 Å². The molecular weight excluding hydrogens is 291 g/mol. The summed E-state index contributed by atoms with van der Waals surface area (Å²) in [5, 5.41) is 0. The summed E-state index contributed by atoms with van der Waals surface area (Å²) >= 11 is 0. The molecule has 0 aromatic heterocycles. The van der Waals surface area contributed by atoms with Crippen molar-refractivity contribution in [2.24, 2.45) is 0 Å². The molecule has 5 heteroatoms. The second-order valence-corrected chi connectivity index (χ2v) is 5.32. The third kappa shape index (κ3) is 3.35. The lowest BCUT2D eigenvalue weighted by atomic mass is 10.2. The van der Waals surface area contributed by atoms with Crippen LogP contribution in [0.1, 0.15) is 18.4 Å². The van der Waals surface area contributed by atoms with Gasteiger partial charge in [-0.15, -0.1) is 0 Å². The van der Waals surface area contributed by atoms with E-state index in [1.165, 1.54) is 25.0 Å². The van der Waals surface area contributed by atoms with E-state index in [2.05, 4.69) is 4.90 Å². The number of halogens is 3. The van der Waals surface area contributed by atoms with E-state index in [-0.39, 0.29) is 5.75 Å². The van der Waals surface area contributed by atoms with Crippen molar-refractivity contribution < 1.29 is 17.9 Å². The van der Waals surface area contributed by atoms with E-state index in [9.17, 15) is 13.2 Å². The van der Waals surface area contributed by atoms with Crippen LogP contribution in [0.3, 0.4) is 0 Å². The van der Waals surface area contributed by atoms with Gasteiger partial charge in [-0.1, -0.05) is 6.07 Å². The predicted molar refractivity (Wildman–Crippen MR) is 79.4 cm³/mol. The quantitative estimate of drug-likeness (QED) is 0.782. The average Bonchev–Trinajstić information content (AvgIpc) is 3.02. The smallest absolute Gasteiger partial charge is 0.416 e. The molecule has 0 amide bonds. The molecule has 1 saturated heterocycles. The predicted octanol–water partition coefficient (Wildman–Crippen LogP) is 5.10. The van der Waals surface area contributed by atoms with Crippen molar-refractivity contribution in [3.63, 3.8) is 0 Å². The molecule has 0 aliphatic carbocycles. The van der Waals surface area contributed by atoms with Crippen LogP contribution >= 0.6 is 0 Å². The molecule has 22 heavy (non-hydrogen) atoms. The van der Waals surface area contributed by atoms with Gasteiger partial charge in [-0.2, -0.15) is 13.2 Å². The van der Waals surface area contributed by atoms with Gasteiger partial charge in [0, 0.05) is 18.8 Å². The summed E-state index contributed by atoms with van der Waals surface area (Å²) in [4.78, 5) is 2.29. The van der Waals surface area contributed by atoms with Crippen molar-refractivity contribution in [1.82, 2.24) is 0 Å². The maximum Gasteiger partial charge on any atom is 0.416 e. The molecule has 1 heterocycles. The first-order valence-corrected chi connectivity index (χ1v) is 7.22. The fourth-order valence-corrected chi connectivity index (χ4v) is 2.57. The molecule has 3 rings (SSSR count). The second-order valence-electron chi connectivity index (χ2n) is 5.32. The maximum atomic E-state index is 12.7. The molecule has 2 aromatic rings. The Morgan fingerprint density at radius 2 is 1.55 bits per heavy atom. The van der Waals surface area contributed by atoms with Crippen LogP contribution in [0.2, 0.25) is 0 Å². The Bertz CT molecular complexity index is 631. The first-order valence-electron chi connectivity index (χ1n) is 7.22. The van der Waals surface area contributed by atoms with Crippen LogP contribution in [-0.4, -0.2) is 13.1 Å². The SMILES string of the molecule is FC(F)(F)c1cccc(Oc2ccc(N3CCCC3)cc2)c1. The molecule has 0 atom stereocenters. The number of hydrogen-bond acceptors (Lipinski definition) is 2. The van der Waals surface area contributed by atoms with Gasteiger partial charge in [-0.25, -0.2) is 0 Å². The van der Waals surface area contributed by atoms with E-state index >= 15 is 0 Å². The molecule has 1 fully saturated rings. The highest BCUT2D eigenvalue weighted by Gasteiger charge is 2.30. The summed E-state index contributed by atoms with van der Waals surface area (Å²) in [7, 11) is 0. The second kappa shape index (κ2) is 5.91. The van der Waals surface area contributed by atoms with Gasteiger partial charge in [0.2, 0.25) is 0 Å². The Kier molecular flexibility index (Phi) is 3.96. The minimum absolute atomic E-state index is 0.184. The van der Waals surface area contributed by atoms with Crippen LogP contribution in [0.15, 0.2) is 48.5 Å². The van der Waals surface area contributed by atoms with Crippen LogP contribution in [-0.2, 0) is 6.18 Å². The zero-order chi connectivity index (χ0) is 15.6. The minimum atomic E-state index is -4.36. The number of rotatable bonds is 3. The van der Waals surface area contributed by atoms with Gasteiger partial charge in [0.05, 0.1) is 5.56 Å². The van der Waals surface area contributed by atoms with E-state index in [0.29, 0.717) is 5.75 Å². The molecular formula is C17H16F3NO. The molecule has 0 N–H and O–H groups in total. The van der Waals surface area contributed by atoms with Gasteiger partial charge < -0.3 is 9.64 Å². The van der Waals surface area contributed by atoms with Gasteiger partial charge in [-0.05, 0) is 55.3 Å². The zero-order valence-electron chi connectivity index (χ0n) is 11.9. The molecule has 0 saturated carbocycles. The standard InChI is InChI=1S/C17H16F3NO/c18-17(19,20)13-4-3-5-16(12-13)22-15-8-6-14(7-9-15)21-10-1-2-11-21/h3-9,12H,1-2,10-11H2. The number of anilines is 1. The molecule has 0 bridgehead atoms. The number of benzene rings is 2. The van der Waals surface area contributed by atoms with Crippen molar-refractivity contribution in [1.29, 1.82) is 0 Å². The topological polar surface area (TPSA) is 12.5 Å². The van der Waals surface area contributed by atoms with Crippen molar-refractivity contribution in [2.45, 2.75) is 19.0 Å². The average molecular weight is 307 g/mol. The Labute approximate surface area is 127 Å². The lowest BCUT2D eigenvalue weighted by Crippen LogP contribution is -2.17. The Morgan fingerprint density at radius 3 is 2.18 bits per heavy atom. The third-order valence-electron chi connectivity index (χ3n) is 3.70. The molecule has 2 nitrogen and oxygen atoms in total. The van der Waals surface area contributed by atoms with Crippen molar-refractivity contribution in [3.05, 3.63) is 54.1 Å². The fraction of sp³-hybridized carbons (Fsp3) is 0.294. The summed E-state index contributed by atoms with van der Waals surface area (Å²) in [5.74, 6) is 0.714. The molecule has 0 radical (unpaired) electrons. The lowest BCUT2D eigenvalue weighted by Gasteiger charge is -2.17. The Balaban J connectivity index is 1.73. The van der Waals surface area contributed by atoms with E-state index in [0.717, 1.165) is 30.9 Å². The monoisotopic (exact) mass is 307 g/mol. The van der Waals surface area contributed by atoms with E-state index < -0.39 is 11.7 Å². The molecule has 0 unspecified atom stereocenters. The first-order chi connectivity index (χ1) is 10.5. The highest BCUT2D eigenvalue weighted by Crippen LogP contribution is 2.33. The van der Waals surface area contributed by atoms with E-state index in [1.54, 1.807) is 12.1 Å². The molecule has 2 aromatic carbocycles. The molecule has 116 valence electrons. The number of ether oxygens (including phenoxy) is 1. The fourth-order valence-electron chi connectivity index (χ4n) is 2.57. The summed E-state index contributed by atoms with van der Waals surface area (Å²) in [6, 6.07) is 12.3. The van der Waals surface area contributed by atoms with Crippen LogP contribution in [0.5, 0.6) is 11.5 Å². The van der Waals surface area contributed by atoms with Crippen LogP contribution in [0.25, 0.3) is 0 Å². The molecule has 1 aliphatic heterocycles. The Hall–Kier alpha value is -2.17. The van der Waals surface area contributed by atoms with E-state index in [4.69, 9.17) is 4.74 Å². The Morgan fingerprint density at radius 1 is 0.864 bits per heavy atom. The summed E-state index contributed by atoms with van der Waals surface area (Å²) in [5.41, 5.74) is 0.410. The summed E-state index contributed by atoms with van der Waals surface area (Å²) in [6.07, 6.45) is -1.97. The zero-order valence-corrected chi connectivity index (χ0v) is 11.9. The highest BCUT2D eigenvalue weighted by atomic mass is 19.4. The van der Waals surface area contributed by atoms with Crippen molar-refractivity contribution in [2.75, 3.05) is 18.0 Å². The minimum Gasteiger partial charge on any atom is -0.457 e. The number of alkyl halides is 3. The van der Waals surface area contributed by atoms with Crippen molar-refractivity contribution in [3.8, 4) is 11.5 Å². The third-order valence-corrected chi connectivity index (χ3v) is 3.70. The molecule has 1 aliphatic rings. The number of nitrogens with zero attached hydrogens (tertiary/aromatic N) is 1. The highest BCUT2D eigenvalue weighted by molar-refractivity contribution is 5.50. The van der Waals surface area contributed by atoms with Crippen LogP contribution in [0, 0.1) is 0 Å². The molecule has 0 spiro atoms. The van der Waals surface area contributed by atoms with Gasteiger partial charge in [0.1, 0.15) is 11.5 Å².